The Balaban J connectivity index is 1.55. The number of amides is 1. The van der Waals surface area contributed by atoms with Gasteiger partial charge in [-0.3, -0.25) is 4.79 Å². The molecule has 0 saturated carbocycles. The maximum atomic E-state index is 13.8. The van der Waals surface area contributed by atoms with Crippen LogP contribution in [-0.4, -0.2) is 24.1 Å². The van der Waals surface area contributed by atoms with Crippen molar-refractivity contribution in [3.05, 3.63) is 64.5 Å². The molecule has 1 amide bonds. The normalized spacial score (nSPS) is 15.9. The predicted octanol–water partition coefficient (Wildman–Crippen LogP) is 3.54. The summed E-state index contributed by atoms with van der Waals surface area (Å²) in [6, 6.07) is 10.4. The molecule has 4 nitrogen and oxygen atoms in total. The minimum absolute atomic E-state index is 0.0773. The van der Waals surface area contributed by atoms with Crippen LogP contribution in [-0.2, 0) is 17.8 Å². The SMILES string of the molecule is C/C(=C\c1ccccc1F)C(=O)N1CCc2cc3c(cc2C1)OCO3. The Labute approximate surface area is 145 Å². The van der Waals surface area contributed by atoms with Crippen LogP contribution in [0.3, 0.4) is 0 Å². The number of fused-ring (bicyclic) bond motifs is 2. The largest absolute Gasteiger partial charge is 0.454 e. The number of carbonyl (C=O) groups excluding carboxylic acids is 1. The molecule has 4 rings (SSSR count). The first-order valence-electron chi connectivity index (χ1n) is 8.25. The summed E-state index contributed by atoms with van der Waals surface area (Å²) in [5, 5.41) is 0. The highest BCUT2D eigenvalue weighted by atomic mass is 19.1. The first-order valence-corrected chi connectivity index (χ1v) is 8.25. The molecule has 0 bridgehead atoms. The molecule has 25 heavy (non-hydrogen) atoms. The molecule has 0 spiro atoms. The van der Waals surface area contributed by atoms with E-state index in [1.807, 2.05) is 12.1 Å². The zero-order valence-electron chi connectivity index (χ0n) is 13.9. The monoisotopic (exact) mass is 339 g/mol. The van der Waals surface area contributed by atoms with Crippen LogP contribution in [0.4, 0.5) is 4.39 Å². The van der Waals surface area contributed by atoms with Crippen LogP contribution >= 0.6 is 0 Å². The molecule has 0 aliphatic carbocycles. The first-order chi connectivity index (χ1) is 12.1. The Bertz CT molecular complexity index is 875. The van der Waals surface area contributed by atoms with Gasteiger partial charge >= 0.3 is 0 Å². The summed E-state index contributed by atoms with van der Waals surface area (Å²) >= 11 is 0. The van der Waals surface area contributed by atoms with Crippen LogP contribution in [0.1, 0.15) is 23.6 Å². The second kappa shape index (κ2) is 6.24. The molecule has 2 aliphatic rings. The molecule has 0 unspecified atom stereocenters. The van der Waals surface area contributed by atoms with Gasteiger partial charge in [-0.1, -0.05) is 18.2 Å². The fourth-order valence-electron chi connectivity index (χ4n) is 3.26. The van der Waals surface area contributed by atoms with E-state index in [-0.39, 0.29) is 18.5 Å². The van der Waals surface area contributed by atoms with Crippen molar-refractivity contribution in [2.75, 3.05) is 13.3 Å². The zero-order valence-corrected chi connectivity index (χ0v) is 13.9. The smallest absolute Gasteiger partial charge is 0.249 e. The molecule has 2 aromatic rings. The van der Waals surface area contributed by atoms with Crippen molar-refractivity contribution in [1.29, 1.82) is 0 Å². The Kier molecular flexibility index (Phi) is 3.92. The van der Waals surface area contributed by atoms with E-state index >= 15 is 0 Å². The third-order valence-corrected chi connectivity index (χ3v) is 4.61. The number of hydrogen-bond acceptors (Lipinski definition) is 3. The van der Waals surface area contributed by atoms with Gasteiger partial charge in [-0.25, -0.2) is 4.39 Å². The molecule has 2 aliphatic heterocycles. The Morgan fingerprint density at radius 2 is 1.88 bits per heavy atom. The van der Waals surface area contributed by atoms with Crippen LogP contribution in [0.2, 0.25) is 0 Å². The maximum Gasteiger partial charge on any atom is 0.249 e. The van der Waals surface area contributed by atoms with Crippen LogP contribution in [0.25, 0.3) is 6.08 Å². The van der Waals surface area contributed by atoms with Crippen molar-refractivity contribution in [1.82, 2.24) is 4.90 Å². The summed E-state index contributed by atoms with van der Waals surface area (Å²) in [5.41, 5.74) is 3.20. The standard InChI is InChI=1S/C20H18FNO3/c1-13(8-15-4-2-3-5-17(15)21)20(23)22-7-6-14-9-18-19(25-12-24-18)10-16(14)11-22/h2-5,8-10H,6-7,11-12H2,1H3/b13-8+. The molecule has 0 atom stereocenters. The lowest BCUT2D eigenvalue weighted by atomic mass is 9.98. The highest BCUT2D eigenvalue weighted by Crippen LogP contribution is 2.36. The number of benzene rings is 2. The van der Waals surface area contributed by atoms with Gasteiger partial charge in [0, 0.05) is 24.2 Å². The van der Waals surface area contributed by atoms with Crippen LogP contribution < -0.4 is 9.47 Å². The summed E-state index contributed by atoms with van der Waals surface area (Å²) in [6.07, 6.45) is 2.37. The molecular formula is C20H18FNO3. The Morgan fingerprint density at radius 1 is 1.16 bits per heavy atom. The van der Waals surface area contributed by atoms with Crippen molar-refractivity contribution >= 4 is 12.0 Å². The van der Waals surface area contributed by atoms with E-state index in [9.17, 15) is 9.18 Å². The molecule has 0 radical (unpaired) electrons. The van der Waals surface area contributed by atoms with E-state index < -0.39 is 0 Å². The van der Waals surface area contributed by atoms with E-state index in [1.165, 1.54) is 11.6 Å². The molecule has 128 valence electrons. The number of nitrogens with zero attached hydrogens (tertiary/aromatic N) is 1. The van der Waals surface area contributed by atoms with Gasteiger partial charge < -0.3 is 14.4 Å². The van der Waals surface area contributed by atoms with Gasteiger partial charge in [-0.15, -0.1) is 0 Å². The maximum absolute atomic E-state index is 13.8. The topological polar surface area (TPSA) is 38.8 Å². The summed E-state index contributed by atoms with van der Waals surface area (Å²) < 4.78 is 24.6. The summed E-state index contributed by atoms with van der Waals surface area (Å²) in [7, 11) is 0. The number of ether oxygens (including phenoxy) is 2. The lowest BCUT2D eigenvalue weighted by molar-refractivity contribution is -0.127. The number of carbonyl (C=O) groups is 1. The van der Waals surface area contributed by atoms with Gasteiger partial charge in [0.25, 0.3) is 0 Å². The van der Waals surface area contributed by atoms with Crippen molar-refractivity contribution in [2.45, 2.75) is 19.9 Å². The number of hydrogen-bond donors (Lipinski definition) is 0. The quantitative estimate of drug-likeness (QED) is 0.786. The molecule has 2 aromatic carbocycles. The van der Waals surface area contributed by atoms with E-state index in [0.29, 0.717) is 24.2 Å². The highest BCUT2D eigenvalue weighted by Gasteiger charge is 2.25. The molecule has 5 heteroatoms. The van der Waals surface area contributed by atoms with Gasteiger partial charge in [-0.2, -0.15) is 0 Å². The number of rotatable bonds is 2. The summed E-state index contributed by atoms with van der Waals surface area (Å²) in [5.74, 6) is 1.10. The van der Waals surface area contributed by atoms with Crippen molar-refractivity contribution in [3.63, 3.8) is 0 Å². The van der Waals surface area contributed by atoms with Gasteiger partial charge in [-0.05, 0) is 48.7 Å². The van der Waals surface area contributed by atoms with E-state index in [0.717, 1.165) is 23.5 Å². The average Bonchev–Trinajstić information content (AvgIpc) is 3.07. The second-order valence-electron chi connectivity index (χ2n) is 6.30. The molecule has 0 fully saturated rings. The summed E-state index contributed by atoms with van der Waals surface area (Å²) in [4.78, 5) is 14.5. The van der Waals surface area contributed by atoms with Gasteiger partial charge in [0.05, 0.1) is 0 Å². The molecule has 0 saturated heterocycles. The lowest BCUT2D eigenvalue weighted by Crippen LogP contribution is -2.36. The molecule has 0 N–H and O–H groups in total. The van der Waals surface area contributed by atoms with Crippen LogP contribution in [0, 0.1) is 5.82 Å². The molecule has 2 heterocycles. The van der Waals surface area contributed by atoms with Crippen molar-refractivity contribution in [2.24, 2.45) is 0 Å². The summed E-state index contributed by atoms with van der Waals surface area (Å²) in [6.45, 7) is 3.12. The predicted molar refractivity (Wildman–Crippen MR) is 91.7 cm³/mol. The minimum atomic E-state index is -0.327. The average molecular weight is 339 g/mol. The highest BCUT2D eigenvalue weighted by molar-refractivity contribution is 5.97. The number of halogens is 1. The fourth-order valence-corrected chi connectivity index (χ4v) is 3.26. The minimum Gasteiger partial charge on any atom is -0.454 e. The third kappa shape index (κ3) is 2.97. The lowest BCUT2D eigenvalue weighted by Gasteiger charge is -2.29. The van der Waals surface area contributed by atoms with Gasteiger partial charge in [0.1, 0.15) is 5.82 Å². The second-order valence-corrected chi connectivity index (χ2v) is 6.30. The fraction of sp³-hybridized carbons (Fsp3) is 0.250. The Morgan fingerprint density at radius 3 is 2.64 bits per heavy atom. The molecule has 0 aromatic heterocycles. The van der Waals surface area contributed by atoms with Gasteiger partial charge in [0.2, 0.25) is 12.7 Å². The van der Waals surface area contributed by atoms with Crippen molar-refractivity contribution in [3.8, 4) is 11.5 Å². The zero-order chi connectivity index (χ0) is 17.4. The van der Waals surface area contributed by atoms with Crippen LogP contribution in [0.5, 0.6) is 11.5 Å². The van der Waals surface area contributed by atoms with Gasteiger partial charge in [0.15, 0.2) is 11.5 Å². The van der Waals surface area contributed by atoms with E-state index in [4.69, 9.17) is 9.47 Å². The van der Waals surface area contributed by atoms with E-state index in [2.05, 4.69) is 0 Å². The van der Waals surface area contributed by atoms with Crippen LogP contribution in [0.15, 0.2) is 42.0 Å². The Hall–Kier alpha value is -2.82. The third-order valence-electron chi connectivity index (χ3n) is 4.61. The van der Waals surface area contributed by atoms with Crippen molar-refractivity contribution < 1.29 is 18.7 Å². The first kappa shape index (κ1) is 15.7. The van der Waals surface area contributed by atoms with E-state index in [1.54, 1.807) is 36.1 Å². The molecular weight excluding hydrogens is 321 g/mol.